The molecule has 1 aromatic rings. The summed E-state index contributed by atoms with van der Waals surface area (Å²) in [5, 5.41) is 0. The van der Waals surface area contributed by atoms with E-state index in [1.54, 1.807) is 0 Å². The minimum atomic E-state index is 0.206. The van der Waals surface area contributed by atoms with E-state index in [-0.39, 0.29) is 5.41 Å². The van der Waals surface area contributed by atoms with Crippen LogP contribution in [0.25, 0.3) is 0 Å². The predicted molar refractivity (Wildman–Crippen MR) is 81.6 cm³/mol. The lowest BCUT2D eigenvalue weighted by Crippen LogP contribution is -2.31. The van der Waals surface area contributed by atoms with Gasteiger partial charge in [-0.05, 0) is 65.2 Å². The number of benzene rings is 1. The number of rotatable bonds is 5. The largest absolute Gasteiger partial charge is 0.492 e. The zero-order valence-corrected chi connectivity index (χ0v) is 12.9. The Morgan fingerprint density at radius 1 is 1.26 bits per heavy atom. The lowest BCUT2D eigenvalue weighted by atomic mass is 9.79. The standard InChI is InChI=1S/C16H22BrNO/c17-14-9-13(16(11-18)7-1-2-8-16)5-6-15(14)19-10-12-3-4-12/h5-6,9,12H,1-4,7-8,10-11,18H2. The predicted octanol–water partition coefficient (Wildman–Crippen LogP) is 4.01. The van der Waals surface area contributed by atoms with Crippen molar-refractivity contribution < 1.29 is 4.74 Å². The zero-order valence-electron chi connectivity index (χ0n) is 11.3. The Bertz CT molecular complexity index is 450. The highest BCUT2D eigenvalue weighted by atomic mass is 79.9. The highest BCUT2D eigenvalue weighted by molar-refractivity contribution is 9.10. The summed E-state index contributed by atoms with van der Waals surface area (Å²) in [7, 11) is 0. The van der Waals surface area contributed by atoms with Gasteiger partial charge in [0.05, 0.1) is 11.1 Å². The van der Waals surface area contributed by atoms with E-state index in [2.05, 4.69) is 34.1 Å². The summed E-state index contributed by atoms with van der Waals surface area (Å²) in [5.74, 6) is 1.76. The first-order valence-electron chi connectivity index (χ1n) is 7.36. The van der Waals surface area contributed by atoms with Crippen LogP contribution in [-0.2, 0) is 5.41 Å². The summed E-state index contributed by atoms with van der Waals surface area (Å²) in [6, 6.07) is 6.54. The van der Waals surface area contributed by atoms with E-state index in [0.29, 0.717) is 0 Å². The van der Waals surface area contributed by atoms with Crippen LogP contribution < -0.4 is 10.5 Å². The summed E-state index contributed by atoms with van der Waals surface area (Å²) in [6.45, 7) is 1.61. The molecule has 2 aliphatic carbocycles. The lowest BCUT2D eigenvalue weighted by Gasteiger charge is -2.28. The summed E-state index contributed by atoms with van der Waals surface area (Å²) in [4.78, 5) is 0. The fourth-order valence-electron chi connectivity index (χ4n) is 3.10. The van der Waals surface area contributed by atoms with Gasteiger partial charge in [0.2, 0.25) is 0 Å². The molecule has 3 heteroatoms. The minimum absolute atomic E-state index is 0.206. The molecule has 104 valence electrons. The fraction of sp³-hybridized carbons (Fsp3) is 0.625. The Kier molecular flexibility index (Phi) is 3.86. The first-order chi connectivity index (χ1) is 9.23. The molecule has 0 amide bonds. The van der Waals surface area contributed by atoms with Crippen LogP contribution in [0.1, 0.15) is 44.1 Å². The third kappa shape index (κ3) is 2.82. The third-order valence-corrected chi connectivity index (χ3v) is 5.29. The molecule has 3 rings (SSSR count). The molecule has 2 nitrogen and oxygen atoms in total. The van der Waals surface area contributed by atoms with Gasteiger partial charge in [0.25, 0.3) is 0 Å². The van der Waals surface area contributed by atoms with Crippen LogP contribution in [-0.4, -0.2) is 13.2 Å². The molecule has 0 unspecified atom stereocenters. The van der Waals surface area contributed by atoms with Crippen LogP contribution in [0.15, 0.2) is 22.7 Å². The maximum atomic E-state index is 6.05. The number of hydrogen-bond donors (Lipinski definition) is 1. The van der Waals surface area contributed by atoms with Crippen molar-refractivity contribution >= 4 is 15.9 Å². The van der Waals surface area contributed by atoms with Gasteiger partial charge in [-0.1, -0.05) is 18.9 Å². The van der Waals surface area contributed by atoms with Crippen molar-refractivity contribution in [1.82, 2.24) is 0 Å². The maximum Gasteiger partial charge on any atom is 0.133 e. The molecule has 2 N–H and O–H groups in total. The van der Waals surface area contributed by atoms with E-state index in [0.717, 1.165) is 29.3 Å². The minimum Gasteiger partial charge on any atom is -0.492 e. The SMILES string of the molecule is NCC1(c2ccc(OCC3CC3)c(Br)c2)CCCC1. The Hall–Kier alpha value is -0.540. The molecular weight excluding hydrogens is 302 g/mol. The highest BCUT2D eigenvalue weighted by Gasteiger charge is 2.34. The summed E-state index contributed by atoms with van der Waals surface area (Å²) < 4.78 is 6.94. The normalized spacial score (nSPS) is 21.6. The number of halogens is 1. The first kappa shape index (κ1) is 13.4. The van der Waals surface area contributed by atoms with Gasteiger partial charge in [-0.3, -0.25) is 0 Å². The first-order valence-corrected chi connectivity index (χ1v) is 8.16. The van der Waals surface area contributed by atoms with E-state index in [1.165, 1.54) is 44.1 Å². The molecular formula is C16H22BrNO. The molecule has 0 aliphatic heterocycles. The fourth-order valence-corrected chi connectivity index (χ4v) is 3.60. The molecule has 0 radical (unpaired) electrons. The van der Waals surface area contributed by atoms with Gasteiger partial charge in [0.15, 0.2) is 0 Å². The molecule has 0 bridgehead atoms. The highest BCUT2D eigenvalue weighted by Crippen LogP contribution is 2.42. The van der Waals surface area contributed by atoms with Crippen LogP contribution in [0.3, 0.4) is 0 Å². The van der Waals surface area contributed by atoms with Crippen molar-refractivity contribution in [3.63, 3.8) is 0 Å². The Morgan fingerprint density at radius 3 is 2.58 bits per heavy atom. The quantitative estimate of drug-likeness (QED) is 0.888. The van der Waals surface area contributed by atoms with Gasteiger partial charge in [0.1, 0.15) is 5.75 Å². The molecule has 2 saturated carbocycles. The van der Waals surface area contributed by atoms with E-state index in [9.17, 15) is 0 Å². The van der Waals surface area contributed by atoms with Crippen molar-refractivity contribution in [2.75, 3.05) is 13.2 Å². The Labute approximate surface area is 123 Å². The number of ether oxygens (including phenoxy) is 1. The average Bonchev–Trinajstić information content (AvgIpc) is 3.13. The molecule has 1 aromatic carbocycles. The van der Waals surface area contributed by atoms with Crippen LogP contribution in [0, 0.1) is 5.92 Å². The van der Waals surface area contributed by atoms with Crippen LogP contribution >= 0.6 is 15.9 Å². The smallest absolute Gasteiger partial charge is 0.133 e. The summed E-state index contributed by atoms with van der Waals surface area (Å²) in [5.41, 5.74) is 7.63. The second kappa shape index (κ2) is 5.45. The molecule has 0 spiro atoms. The van der Waals surface area contributed by atoms with Crippen molar-refractivity contribution in [3.05, 3.63) is 28.2 Å². The van der Waals surface area contributed by atoms with Gasteiger partial charge in [-0.2, -0.15) is 0 Å². The molecule has 0 heterocycles. The molecule has 0 aromatic heterocycles. The number of hydrogen-bond acceptors (Lipinski definition) is 2. The number of nitrogens with two attached hydrogens (primary N) is 1. The van der Waals surface area contributed by atoms with Crippen LogP contribution in [0.5, 0.6) is 5.75 Å². The van der Waals surface area contributed by atoms with Gasteiger partial charge in [-0.25, -0.2) is 0 Å². The van der Waals surface area contributed by atoms with Crippen LogP contribution in [0.2, 0.25) is 0 Å². The van der Waals surface area contributed by atoms with Gasteiger partial charge >= 0.3 is 0 Å². The average molecular weight is 324 g/mol. The Morgan fingerprint density at radius 2 is 2.00 bits per heavy atom. The van der Waals surface area contributed by atoms with E-state index >= 15 is 0 Å². The molecule has 0 saturated heterocycles. The van der Waals surface area contributed by atoms with Gasteiger partial charge in [0, 0.05) is 12.0 Å². The van der Waals surface area contributed by atoms with Crippen LogP contribution in [0.4, 0.5) is 0 Å². The molecule has 2 aliphatic rings. The van der Waals surface area contributed by atoms with Crippen molar-refractivity contribution in [1.29, 1.82) is 0 Å². The third-order valence-electron chi connectivity index (χ3n) is 4.67. The van der Waals surface area contributed by atoms with E-state index in [1.807, 2.05) is 0 Å². The van der Waals surface area contributed by atoms with Gasteiger partial charge < -0.3 is 10.5 Å². The summed E-state index contributed by atoms with van der Waals surface area (Å²) in [6.07, 6.45) is 7.69. The monoisotopic (exact) mass is 323 g/mol. The molecule has 19 heavy (non-hydrogen) atoms. The van der Waals surface area contributed by atoms with E-state index in [4.69, 9.17) is 10.5 Å². The van der Waals surface area contributed by atoms with Gasteiger partial charge in [-0.15, -0.1) is 0 Å². The maximum absolute atomic E-state index is 6.05. The molecule has 2 fully saturated rings. The second-order valence-electron chi connectivity index (χ2n) is 6.09. The Balaban J connectivity index is 1.77. The van der Waals surface area contributed by atoms with Crippen molar-refractivity contribution in [3.8, 4) is 5.75 Å². The summed E-state index contributed by atoms with van der Waals surface area (Å²) >= 11 is 3.65. The second-order valence-corrected chi connectivity index (χ2v) is 6.95. The topological polar surface area (TPSA) is 35.2 Å². The zero-order chi connectivity index (χ0) is 13.3. The van der Waals surface area contributed by atoms with E-state index < -0.39 is 0 Å². The van der Waals surface area contributed by atoms with Crippen molar-refractivity contribution in [2.24, 2.45) is 11.7 Å². The lowest BCUT2D eigenvalue weighted by molar-refractivity contribution is 0.297. The molecule has 0 atom stereocenters. The van der Waals surface area contributed by atoms with Crippen molar-refractivity contribution in [2.45, 2.75) is 43.9 Å².